The predicted molar refractivity (Wildman–Crippen MR) is 89.3 cm³/mol. The average Bonchev–Trinajstić information content (AvgIpc) is 3.05. The highest BCUT2D eigenvalue weighted by Gasteiger charge is 2.26. The lowest BCUT2D eigenvalue weighted by Crippen LogP contribution is -2.37. The van der Waals surface area contributed by atoms with Gasteiger partial charge in [0.15, 0.2) is 0 Å². The Morgan fingerprint density at radius 2 is 1.96 bits per heavy atom. The highest BCUT2D eigenvalue weighted by molar-refractivity contribution is 7.90. The minimum Gasteiger partial charge on any atom is -0.271 e. The van der Waals surface area contributed by atoms with E-state index in [0.29, 0.717) is 13.1 Å². The van der Waals surface area contributed by atoms with Crippen LogP contribution in [0, 0.1) is 0 Å². The molecule has 1 N–H and O–H groups in total. The number of nitrogens with zero attached hydrogens (tertiary/aromatic N) is 3. The van der Waals surface area contributed by atoms with Gasteiger partial charge in [0.1, 0.15) is 5.69 Å². The van der Waals surface area contributed by atoms with Crippen LogP contribution in [-0.4, -0.2) is 35.0 Å². The van der Waals surface area contributed by atoms with E-state index < -0.39 is 10.0 Å². The molecule has 1 saturated carbocycles. The normalized spacial score (nSPS) is 16.5. The van der Waals surface area contributed by atoms with Gasteiger partial charge in [-0.3, -0.25) is 9.67 Å². The van der Waals surface area contributed by atoms with E-state index in [9.17, 15) is 8.42 Å². The van der Waals surface area contributed by atoms with E-state index >= 15 is 0 Å². The molecule has 0 bridgehead atoms. The molecule has 2 heterocycles. The van der Waals surface area contributed by atoms with Crippen LogP contribution in [0.3, 0.4) is 0 Å². The van der Waals surface area contributed by atoms with Gasteiger partial charge in [-0.2, -0.15) is 5.10 Å². The Morgan fingerprint density at radius 1 is 1.13 bits per heavy atom. The van der Waals surface area contributed by atoms with Crippen LogP contribution in [0.15, 0.2) is 36.7 Å². The van der Waals surface area contributed by atoms with Crippen molar-refractivity contribution in [2.24, 2.45) is 0 Å². The fourth-order valence-corrected chi connectivity index (χ4v) is 4.50. The summed E-state index contributed by atoms with van der Waals surface area (Å²) in [6.07, 6.45) is 8.30. The number of sulfonamides is 1. The Hall–Kier alpha value is -1.73. The first-order valence-corrected chi connectivity index (χ1v) is 9.63. The molecule has 0 amide bonds. The predicted octanol–water partition coefficient (Wildman–Crippen LogP) is 2.20. The Kier molecular flexibility index (Phi) is 5.07. The largest absolute Gasteiger partial charge is 0.271 e. The van der Waals surface area contributed by atoms with Crippen LogP contribution in [0.25, 0.3) is 11.4 Å². The molecule has 6 nitrogen and oxygen atoms in total. The lowest BCUT2D eigenvalue weighted by molar-refractivity contribution is 0.475. The summed E-state index contributed by atoms with van der Waals surface area (Å²) in [6.45, 7) is 0.876. The molecule has 0 saturated heterocycles. The van der Waals surface area contributed by atoms with Crippen molar-refractivity contribution in [3.05, 3.63) is 36.7 Å². The van der Waals surface area contributed by atoms with Crippen LogP contribution in [0.2, 0.25) is 0 Å². The third kappa shape index (κ3) is 4.17. The van der Waals surface area contributed by atoms with Gasteiger partial charge in [-0.1, -0.05) is 25.3 Å². The summed E-state index contributed by atoms with van der Waals surface area (Å²) in [5.74, 6) is 0. The van der Waals surface area contributed by atoms with Gasteiger partial charge in [-0.15, -0.1) is 0 Å². The summed E-state index contributed by atoms with van der Waals surface area (Å²) < 4.78 is 29.0. The van der Waals surface area contributed by atoms with Crippen LogP contribution in [0.4, 0.5) is 0 Å². The van der Waals surface area contributed by atoms with Gasteiger partial charge < -0.3 is 0 Å². The molecule has 2 aromatic heterocycles. The second-order valence-electron chi connectivity index (χ2n) is 5.88. The molecule has 7 heteroatoms. The summed E-state index contributed by atoms with van der Waals surface area (Å²) in [7, 11) is -3.20. The zero-order valence-electron chi connectivity index (χ0n) is 13.1. The second-order valence-corrected chi connectivity index (χ2v) is 7.92. The maximum atomic E-state index is 12.3. The summed E-state index contributed by atoms with van der Waals surface area (Å²) in [5, 5.41) is 4.21. The maximum Gasteiger partial charge on any atom is 0.214 e. The monoisotopic (exact) mass is 334 g/mol. The molecule has 1 fully saturated rings. The van der Waals surface area contributed by atoms with Crippen molar-refractivity contribution in [1.82, 2.24) is 19.5 Å². The van der Waals surface area contributed by atoms with Crippen molar-refractivity contribution in [2.45, 2.75) is 43.9 Å². The van der Waals surface area contributed by atoms with E-state index in [1.807, 2.05) is 30.5 Å². The van der Waals surface area contributed by atoms with Crippen molar-refractivity contribution in [3.63, 3.8) is 0 Å². The minimum absolute atomic E-state index is 0.224. The Morgan fingerprint density at radius 3 is 2.70 bits per heavy atom. The van der Waals surface area contributed by atoms with Gasteiger partial charge >= 0.3 is 0 Å². The standard InChI is InChI=1S/C16H22N4O2S/c21-23(22,14-6-2-1-3-7-14)18-11-13-20-12-9-16(19-20)15-8-4-5-10-17-15/h4-5,8-10,12,14,18H,1-3,6-7,11,13H2. The fraction of sp³-hybridized carbons (Fsp3) is 0.500. The molecule has 124 valence electrons. The molecule has 0 unspecified atom stereocenters. The Balaban J connectivity index is 1.54. The van der Waals surface area contributed by atoms with E-state index in [2.05, 4.69) is 14.8 Å². The van der Waals surface area contributed by atoms with Gasteiger partial charge in [0.2, 0.25) is 10.0 Å². The van der Waals surface area contributed by atoms with Crippen molar-refractivity contribution in [3.8, 4) is 11.4 Å². The van der Waals surface area contributed by atoms with Crippen LogP contribution in [0.1, 0.15) is 32.1 Å². The number of hydrogen-bond donors (Lipinski definition) is 1. The van der Waals surface area contributed by atoms with E-state index in [1.165, 1.54) is 0 Å². The molecular weight excluding hydrogens is 312 g/mol. The minimum atomic E-state index is -3.20. The topological polar surface area (TPSA) is 76.9 Å². The Labute approximate surface area is 137 Å². The first kappa shape index (κ1) is 16.1. The second kappa shape index (κ2) is 7.23. The molecule has 1 aliphatic carbocycles. The third-order valence-electron chi connectivity index (χ3n) is 4.20. The lowest BCUT2D eigenvalue weighted by atomic mass is 10.0. The summed E-state index contributed by atoms with van der Waals surface area (Å²) in [4.78, 5) is 4.26. The summed E-state index contributed by atoms with van der Waals surface area (Å²) in [6, 6.07) is 7.57. The molecule has 0 spiro atoms. The van der Waals surface area contributed by atoms with Crippen LogP contribution < -0.4 is 4.72 Å². The number of hydrogen-bond acceptors (Lipinski definition) is 4. The summed E-state index contributed by atoms with van der Waals surface area (Å²) >= 11 is 0. The molecule has 0 atom stereocenters. The molecule has 0 aromatic carbocycles. The number of aromatic nitrogens is 3. The third-order valence-corrected chi connectivity index (χ3v) is 6.16. The van der Waals surface area contributed by atoms with Crippen molar-refractivity contribution in [2.75, 3.05) is 6.54 Å². The van der Waals surface area contributed by atoms with E-state index in [-0.39, 0.29) is 5.25 Å². The molecule has 2 aromatic rings. The summed E-state index contributed by atoms with van der Waals surface area (Å²) in [5.41, 5.74) is 1.61. The van der Waals surface area contributed by atoms with Crippen molar-refractivity contribution in [1.29, 1.82) is 0 Å². The highest BCUT2D eigenvalue weighted by atomic mass is 32.2. The molecule has 0 aliphatic heterocycles. The zero-order valence-corrected chi connectivity index (χ0v) is 13.9. The lowest BCUT2D eigenvalue weighted by Gasteiger charge is -2.21. The molecule has 3 rings (SSSR count). The average molecular weight is 334 g/mol. The van der Waals surface area contributed by atoms with Gasteiger partial charge in [-0.05, 0) is 31.0 Å². The SMILES string of the molecule is O=S(=O)(NCCn1ccc(-c2ccccn2)n1)C1CCCCC1. The van der Waals surface area contributed by atoms with E-state index in [0.717, 1.165) is 43.5 Å². The number of rotatable bonds is 6. The molecule has 0 radical (unpaired) electrons. The number of nitrogens with one attached hydrogen (secondary N) is 1. The quantitative estimate of drug-likeness (QED) is 0.878. The maximum absolute atomic E-state index is 12.3. The number of pyridine rings is 1. The first-order valence-electron chi connectivity index (χ1n) is 8.08. The van der Waals surface area contributed by atoms with E-state index in [1.54, 1.807) is 10.9 Å². The highest BCUT2D eigenvalue weighted by Crippen LogP contribution is 2.22. The fourth-order valence-electron chi connectivity index (χ4n) is 2.93. The smallest absolute Gasteiger partial charge is 0.214 e. The zero-order chi connectivity index (χ0) is 16.1. The van der Waals surface area contributed by atoms with Crippen molar-refractivity contribution < 1.29 is 8.42 Å². The van der Waals surface area contributed by atoms with E-state index in [4.69, 9.17) is 0 Å². The molecular formula is C16H22N4O2S. The van der Waals surface area contributed by atoms with Gasteiger partial charge in [0.05, 0.1) is 17.5 Å². The van der Waals surface area contributed by atoms with Crippen molar-refractivity contribution >= 4 is 10.0 Å². The van der Waals surface area contributed by atoms with Crippen LogP contribution >= 0.6 is 0 Å². The van der Waals surface area contributed by atoms with Gasteiger partial charge in [0, 0.05) is 18.9 Å². The molecule has 23 heavy (non-hydrogen) atoms. The Bertz CT molecular complexity index is 722. The van der Waals surface area contributed by atoms with Crippen LogP contribution in [-0.2, 0) is 16.6 Å². The van der Waals surface area contributed by atoms with Gasteiger partial charge in [-0.25, -0.2) is 13.1 Å². The molecule has 1 aliphatic rings. The first-order chi connectivity index (χ1) is 11.1. The van der Waals surface area contributed by atoms with Crippen LogP contribution in [0.5, 0.6) is 0 Å². The van der Waals surface area contributed by atoms with Gasteiger partial charge in [0.25, 0.3) is 0 Å².